The van der Waals surface area contributed by atoms with Gasteiger partial charge in [-0.25, -0.2) is 4.98 Å². The first kappa shape index (κ1) is 14.8. The summed E-state index contributed by atoms with van der Waals surface area (Å²) in [6.07, 6.45) is 5.27. The van der Waals surface area contributed by atoms with Gasteiger partial charge in [-0.05, 0) is 57.3 Å². The second-order valence-electron chi connectivity index (χ2n) is 5.51. The number of hydrogen-bond donors (Lipinski definition) is 2. The van der Waals surface area contributed by atoms with E-state index < -0.39 is 0 Å². The van der Waals surface area contributed by atoms with Crippen LogP contribution >= 0.6 is 0 Å². The zero-order chi connectivity index (χ0) is 14.5. The number of anilines is 1. The molecule has 0 radical (unpaired) electrons. The smallest absolute Gasteiger partial charge is 0.252 e. The highest BCUT2D eigenvalue weighted by atomic mass is 16.1. The molecular formula is C15H24N4O. The lowest BCUT2D eigenvalue weighted by molar-refractivity contribution is 0.1000. The lowest BCUT2D eigenvalue weighted by atomic mass is 9.93. The van der Waals surface area contributed by atoms with Crippen LogP contribution in [0.5, 0.6) is 0 Å². The largest absolute Gasteiger partial charge is 0.365 e. The lowest BCUT2D eigenvalue weighted by Crippen LogP contribution is -2.36. The Hall–Kier alpha value is -1.62. The van der Waals surface area contributed by atoms with Gasteiger partial charge < -0.3 is 16.0 Å². The van der Waals surface area contributed by atoms with Crippen LogP contribution in [0, 0.1) is 12.8 Å². The number of nitrogens with zero attached hydrogens (tertiary/aromatic N) is 2. The van der Waals surface area contributed by atoms with E-state index in [1.165, 1.54) is 6.42 Å². The Kier molecular flexibility index (Phi) is 4.95. The molecular weight excluding hydrogens is 252 g/mol. The Morgan fingerprint density at radius 1 is 1.50 bits per heavy atom. The van der Waals surface area contributed by atoms with Crippen LogP contribution in [0.15, 0.2) is 12.3 Å². The maximum atomic E-state index is 11.6. The molecule has 0 unspecified atom stereocenters. The zero-order valence-electron chi connectivity index (χ0n) is 12.4. The molecule has 0 aliphatic carbocycles. The van der Waals surface area contributed by atoms with Crippen molar-refractivity contribution in [2.45, 2.75) is 26.2 Å². The normalized spacial score (nSPS) is 16.4. The van der Waals surface area contributed by atoms with Crippen LogP contribution in [-0.4, -0.2) is 37.6 Å². The quantitative estimate of drug-likeness (QED) is 0.850. The Bertz CT molecular complexity index is 467. The number of nitrogens with two attached hydrogens (primary N) is 1. The Labute approximate surface area is 120 Å². The third-order valence-electron chi connectivity index (χ3n) is 4.10. The van der Waals surface area contributed by atoms with Crippen molar-refractivity contribution in [3.05, 3.63) is 23.4 Å². The highest BCUT2D eigenvalue weighted by Gasteiger charge is 2.23. The molecule has 2 heterocycles. The maximum absolute atomic E-state index is 11.6. The van der Waals surface area contributed by atoms with Crippen molar-refractivity contribution in [1.29, 1.82) is 0 Å². The van der Waals surface area contributed by atoms with Gasteiger partial charge in [-0.2, -0.15) is 0 Å². The van der Waals surface area contributed by atoms with Gasteiger partial charge in [-0.15, -0.1) is 0 Å². The summed E-state index contributed by atoms with van der Waals surface area (Å²) in [7, 11) is 1.99. The molecule has 20 heavy (non-hydrogen) atoms. The zero-order valence-corrected chi connectivity index (χ0v) is 12.4. The predicted molar refractivity (Wildman–Crippen MR) is 81.0 cm³/mol. The highest BCUT2D eigenvalue weighted by Crippen LogP contribution is 2.27. The number of rotatable bonds is 5. The van der Waals surface area contributed by atoms with Crippen LogP contribution in [0.4, 0.5) is 5.82 Å². The minimum absolute atomic E-state index is 0.386. The van der Waals surface area contributed by atoms with E-state index in [9.17, 15) is 4.79 Å². The molecule has 5 heteroatoms. The predicted octanol–water partition coefficient (Wildman–Crippen LogP) is 1.31. The first-order chi connectivity index (χ1) is 9.63. The van der Waals surface area contributed by atoms with Gasteiger partial charge in [0.2, 0.25) is 0 Å². The van der Waals surface area contributed by atoms with Crippen LogP contribution in [-0.2, 0) is 0 Å². The van der Waals surface area contributed by atoms with Crippen molar-refractivity contribution in [2.24, 2.45) is 11.7 Å². The number of pyridine rings is 1. The molecule has 1 aromatic rings. The van der Waals surface area contributed by atoms with Crippen LogP contribution in [0.1, 0.15) is 35.2 Å². The number of hydrogen-bond acceptors (Lipinski definition) is 4. The van der Waals surface area contributed by atoms with E-state index in [0.717, 1.165) is 49.8 Å². The summed E-state index contributed by atoms with van der Waals surface area (Å²) >= 11 is 0. The first-order valence-electron chi connectivity index (χ1n) is 7.28. The summed E-state index contributed by atoms with van der Waals surface area (Å²) in [6.45, 7) is 4.88. The second-order valence-corrected chi connectivity index (χ2v) is 5.51. The fourth-order valence-corrected chi connectivity index (χ4v) is 2.87. The van der Waals surface area contributed by atoms with Crippen LogP contribution in [0.2, 0.25) is 0 Å². The number of aryl methyl sites for hydroxylation is 1. The Balaban J connectivity index is 2.07. The fraction of sp³-hybridized carbons (Fsp3) is 0.600. The number of piperidine rings is 1. The van der Waals surface area contributed by atoms with Crippen molar-refractivity contribution >= 4 is 11.7 Å². The van der Waals surface area contributed by atoms with Gasteiger partial charge in [-0.1, -0.05) is 0 Å². The van der Waals surface area contributed by atoms with Crippen molar-refractivity contribution in [1.82, 2.24) is 10.3 Å². The molecule has 0 bridgehead atoms. The number of amides is 1. The van der Waals surface area contributed by atoms with E-state index in [4.69, 9.17) is 5.73 Å². The minimum Gasteiger partial charge on any atom is -0.365 e. The number of carbonyl (C=O) groups is 1. The molecule has 1 saturated heterocycles. The van der Waals surface area contributed by atoms with Crippen molar-refractivity contribution in [3.8, 4) is 0 Å². The number of primary amides is 1. The summed E-state index contributed by atoms with van der Waals surface area (Å²) in [5.41, 5.74) is 6.97. The third-order valence-corrected chi connectivity index (χ3v) is 4.10. The summed E-state index contributed by atoms with van der Waals surface area (Å²) in [5.74, 6) is 1.13. The van der Waals surface area contributed by atoms with Gasteiger partial charge in [0.15, 0.2) is 0 Å². The Morgan fingerprint density at radius 2 is 2.20 bits per heavy atom. The van der Waals surface area contributed by atoms with Crippen molar-refractivity contribution < 1.29 is 4.79 Å². The number of carbonyl (C=O) groups excluding carboxylic acids is 1. The molecule has 3 N–H and O–H groups in total. The molecule has 110 valence electrons. The molecule has 1 amide bonds. The van der Waals surface area contributed by atoms with Gasteiger partial charge in [0.05, 0.1) is 5.56 Å². The summed E-state index contributed by atoms with van der Waals surface area (Å²) in [4.78, 5) is 18.2. The molecule has 5 nitrogen and oxygen atoms in total. The van der Waals surface area contributed by atoms with E-state index >= 15 is 0 Å². The highest BCUT2D eigenvalue weighted by molar-refractivity contribution is 5.99. The molecule has 0 spiro atoms. The summed E-state index contributed by atoms with van der Waals surface area (Å²) in [5, 5.41) is 3.20. The van der Waals surface area contributed by atoms with E-state index in [-0.39, 0.29) is 5.91 Å². The monoisotopic (exact) mass is 276 g/mol. The maximum Gasteiger partial charge on any atom is 0.252 e. The van der Waals surface area contributed by atoms with E-state index in [0.29, 0.717) is 5.56 Å². The lowest BCUT2D eigenvalue weighted by Gasteiger charge is -2.33. The molecule has 1 aliphatic rings. The second kappa shape index (κ2) is 6.70. The van der Waals surface area contributed by atoms with Crippen molar-refractivity contribution in [2.75, 3.05) is 31.6 Å². The number of nitrogens with one attached hydrogen (secondary N) is 1. The van der Waals surface area contributed by atoms with Gasteiger partial charge in [0, 0.05) is 19.3 Å². The van der Waals surface area contributed by atoms with Gasteiger partial charge >= 0.3 is 0 Å². The molecule has 0 saturated carbocycles. The molecule has 1 aromatic heterocycles. The van der Waals surface area contributed by atoms with Gasteiger partial charge in [0.1, 0.15) is 5.82 Å². The van der Waals surface area contributed by atoms with Crippen molar-refractivity contribution in [3.63, 3.8) is 0 Å². The summed E-state index contributed by atoms with van der Waals surface area (Å²) in [6, 6.07) is 1.84. The molecule has 1 aliphatic heterocycles. The first-order valence-corrected chi connectivity index (χ1v) is 7.28. The van der Waals surface area contributed by atoms with Crippen LogP contribution in [0.3, 0.4) is 0 Å². The average molecular weight is 276 g/mol. The van der Waals surface area contributed by atoms with Gasteiger partial charge in [-0.3, -0.25) is 4.79 Å². The van der Waals surface area contributed by atoms with Gasteiger partial charge in [0.25, 0.3) is 5.91 Å². The van der Waals surface area contributed by atoms with Crippen LogP contribution < -0.4 is 16.0 Å². The molecule has 0 aromatic carbocycles. The SMILES string of the molecule is CNCCC1CCN(c2nccc(C)c2C(N)=O)CC1. The summed E-state index contributed by atoms with van der Waals surface area (Å²) < 4.78 is 0. The molecule has 2 rings (SSSR count). The average Bonchev–Trinajstić information content (AvgIpc) is 2.45. The minimum atomic E-state index is -0.386. The fourth-order valence-electron chi connectivity index (χ4n) is 2.87. The van der Waals surface area contributed by atoms with Crippen LogP contribution in [0.25, 0.3) is 0 Å². The van der Waals surface area contributed by atoms with E-state index in [1.807, 2.05) is 20.0 Å². The van der Waals surface area contributed by atoms with E-state index in [2.05, 4.69) is 15.2 Å². The molecule has 0 atom stereocenters. The topological polar surface area (TPSA) is 71.2 Å². The Morgan fingerprint density at radius 3 is 2.80 bits per heavy atom. The third kappa shape index (κ3) is 3.28. The standard InChI is InChI=1S/C15H24N4O/c1-11-3-8-18-15(13(11)14(16)20)19-9-5-12(6-10-19)4-7-17-2/h3,8,12,17H,4-7,9-10H2,1-2H3,(H2,16,20). The molecule has 1 fully saturated rings. The number of aromatic nitrogens is 1. The van der Waals surface area contributed by atoms with E-state index in [1.54, 1.807) is 6.20 Å².